The Bertz CT molecular complexity index is 346. The molecule has 0 radical (unpaired) electrons. The molecule has 2 nitrogen and oxygen atoms in total. The molecule has 0 saturated carbocycles. The third-order valence-electron chi connectivity index (χ3n) is 1.62. The van der Waals surface area contributed by atoms with E-state index in [1.807, 2.05) is 28.7 Å². The van der Waals surface area contributed by atoms with E-state index in [1.165, 1.54) is 6.07 Å². The summed E-state index contributed by atoms with van der Waals surface area (Å²) in [6.45, 7) is 0. The van der Waals surface area contributed by atoms with Crippen molar-refractivity contribution in [2.24, 2.45) is 5.73 Å². The number of nitrogens with zero attached hydrogens (tertiary/aromatic N) is 1. The highest BCUT2D eigenvalue weighted by atomic mass is 127. The molecule has 13 heavy (non-hydrogen) atoms. The number of nitriles is 1. The summed E-state index contributed by atoms with van der Waals surface area (Å²) >= 11 is 2.03. The first kappa shape index (κ1) is 10.4. The second-order valence-electron chi connectivity index (χ2n) is 2.68. The second-order valence-corrected chi connectivity index (χ2v) is 3.92. The summed E-state index contributed by atoms with van der Waals surface area (Å²) < 4.78 is 14.0. The van der Waals surface area contributed by atoms with Crippen LogP contribution in [0.4, 0.5) is 4.39 Å². The number of rotatable bonds is 2. The number of nitrogens with two attached hydrogens (primary N) is 1. The average molecular weight is 290 g/mol. The Balaban J connectivity index is 2.85. The van der Waals surface area contributed by atoms with E-state index >= 15 is 0 Å². The lowest BCUT2D eigenvalue weighted by Gasteiger charge is -2.04. The number of hydrogen-bond donors (Lipinski definition) is 1. The first-order valence-corrected chi connectivity index (χ1v) is 4.80. The zero-order valence-corrected chi connectivity index (χ0v) is 8.95. The fourth-order valence-corrected chi connectivity index (χ4v) is 1.42. The molecule has 0 aliphatic rings. The number of halogens is 2. The third kappa shape index (κ3) is 2.94. The van der Waals surface area contributed by atoms with Crippen molar-refractivity contribution in [3.05, 3.63) is 33.1 Å². The molecule has 0 saturated heterocycles. The SMILES string of the molecule is N#C[C@@H](N)Cc1ccc(I)cc1F. The third-order valence-corrected chi connectivity index (χ3v) is 2.29. The zero-order valence-electron chi connectivity index (χ0n) is 6.80. The van der Waals surface area contributed by atoms with Crippen LogP contribution in [0, 0.1) is 20.7 Å². The van der Waals surface area contributed by atoms with Gasteiger partial charge in [-0.2, -0.15) is 5.26 Å². The first-order valence-electron chi connectivity index (χ1n) is 3.72. The summed E-state index contributed by atoms with van der Waals surface area (Å²) in [6, 6.07) is 6.12. The van der Waals surface area contributed by atoms with Crippen LogP contribution in [0.3, 0.4) is 0 Å². The van der Waals surface area contributed by atoms with Gasteiger partial charge < -0.3 is 5.73 Å². The highest BCUT2D eigenvalue weighted by molar-refractivity contribution is 14.1. The Morgan fingerprint density at radius 3 is 2.85 bits per heavy atom. The van der Waals surface area contributed by atoms with E-state index < -0.39 is 6.04 Å². The van der Waals surface area contributed by atoms with Crippen LogP contribution in [-0.2, 0) is 6.42 Å². The van der Waals surface area contributed by atoms with Gasteiger partial charge in [-0.15, -0.1) is 0 Å². The van der Waals surface area contributed by atoms with E-state index in [1.54, 1.807) is 12.1 Å². The van der Waals surface area contributed by atoms with Crippen LogP contribution in [0.5, 0.6) is 0 Å². The zero-order chi connectivity index (χ0) is 9.84. The molecule has 1 aromatic rings. The van der Waals surface area contributed by atoms with Gasteiger partial charge in [-0.3, -0.25) is 0 Å². The summed E-state index contributed by atoms with van der Waals surface area (Å²) in [5, 5.41) is 8.44. The highest BCUT2D eigenvalue weighted by Gasteiger charge is 2.07. The van der Waals surface area contributed by atoms with Gasteiger partial charge in [0.15, 0.2) is 0 Å². The normalized spacial score (nSPS) is 12.2. The molecule has 0 aliphatic carbocycles. The van der Waals surface area contributed by atoms with Gasteiger partial charge in [-0.05, 0) is 40.3 Å². The fraction of sp³-hybridized carbons (Fsp3) is 0.222. The molecule has 0 aliphatic heterocycles. The lowest BCUT2D eigenvalue weighted by molar-refractivity contribution is 0.602. The van der Waals surface area contributed by atoms with Crippen molar-refractivity contribution >= 4 is 22.6 Å². The van der Waals surface area contributed by atoms with Gasteiger partial charge in [0.05, 0.1) is 12.1 Å². The van der Waals surface area contributed by atoms with Crippen molar-refractivity contribution in [3.8, 4) is 6.07 Å². The van der Waals surface area contributed by atoms with Crippen LogP contribution >= 0.6 is 22.6 Å². The van der Waals surface area contributed by atoms with Crippen molar-refractivity contribution < 1.29 is 4.39 Å². The lowest BCUT2D eigenvalue weighted by atomic mass is 10.1. The van der Waals surface area contributed by atoms with Gasteiger partial charge in [0.25, 0.3) is 0 Å². The van der Waals surface area contributed by atoms with Gasteiger partial charge in [-0.25, -0.2) is 4.39 Å². The minimum Gasteiger partial charge on any atom is -0.316 e. The molecule has 68 valence electrons. The molecular formula is C9H8FIN2. The summed E-state index contributed by atoms with van der Waals surface area (Å²) in [6.07, 6.45) is 0.263. The van der Waals surface area contributed by atoms with Gasteiger partial charge in [0, 0.05) is 9.99 Å². The lowest BCUT2D eigenvalue weighted by Crippen LogP contribution is -2.20. The van der Waals surface area contributed by atoms with Gasteiger partial charge in [0.2, 0.25) is 0 Å². The number of benzene rings is 1. The molecule has 0 amide bonds. The van der Waals surface area contributed by atoms with Crippen LogP contribution in [0.1, 0.15) is 5.56 Å². The van der Waals surface area contributed by atoms with Crippen molar-refractivity contribution in [2.45, 2.75) is 12.5 Å². The largest absolute Gasteiger partial charge is 0.316 e. The average Bonchev–Trinajstić information content (AvgIpc) is 2.09. The molecule has 1 rings (SSSR count). The number of hydrogen-bond acceptors (Lipinski definition) is 2. The van der Waals surface area contributed by atoms with E-state index in [0.29, 0.717) is 5.56 Å². The van der Waals surface area contributed by atoms with Crippen molar-refractivity contribution in [2.75, 3.05) is 0 Å². The Hall–Kier alpha value is -0.670. The molecule has 0 fully saturated rings. The second kappa shape index (κ2) is 4.53. The summed E-state index contributed by atoms with van der Waals surface area (Å²) in [7, 11) is 0. The van der Waals surface area contributed by atoms with E-state index in [2.05, 4.69) is 0 Å². The van der Waals surface area contributed by atoms with Gasteiger partial charge in [-0.1, -0.05) is 6.07 Å². The Morgan fingerprint density at radius 2 is 2.31 bits per heavy atom. The Morgan fingerprint density at radius 1 is 1.62 bits per heavy atom. The van der Waals surface area contributed by atoms with Gasteiger partial charge in [0.1, 0.15) is 5.82 Å². The minimum absolute atomic E-state index is 0.263. The molecule has 0 bridgehead atoms. The predicted molar refractivity (Wildman–Crippen MR) is 56.4 cm³/mol. The summed E-state index contributed by atoms with van der Waals surface area (Å²) in [5.74, 6) is -0.294. The smallest absolute Gasteiger partial charge is 0.127 e. The molecule has 2 N–H and O–H groups in total. The van der Waals surface area contributed by atoms with Crippen molar-refractivity contribution in [1.29, 1.82) is 5.26 Å². The van der Waals surface area contributed by atoms with E-state index in [-0.39, 0.29) is 12.2 Å². The Labute approximate surface area is 89.7 Å². The highest BCUT2D eigenvalue weighted by Crippen LogP contribution is 2.13. The van der Waals surface area contributed by atoms with E-state index in [9.17, 15) is 4.39 Å². The molecule has 0 unspecified atom stereocenters. The summed E-state index contributed by atoms with van der Waals surface area (Å²) in [5.41, 5.74) is 5.88. The van der Waals surface area contributed by atoms with Gasteiger partial charge >= 0.3 is 0 Å². The maximum Gasteiger partial charge on any atom is 0.127 e. The Kier molecular flexibility index (Phi) is 3.63. The maximum atomic E-state index is 13.2. The van der Waals surface area contributed by atoms with Crippen LogP contribution < -0.4 is 5.73 Å². The van der Waals surface area contributed by atoms with Crippen LogP contribution in [0.2, 0.25) is 0 Å². The monoisotopic (exact) mass is 290 g/mol. The molecule has 0 aromatic heterocycles. The molecule has 1 aromatic carbocycles. The maximum absolute atomic E-state index is 13.2. The van der Waals surface area contributed by atoms with Crippen LogP contribution in [-0.4, -0.2) is 6.04 Å². The fourth-order valence-electron chi connectivity index (χ4n) is 0.970. The molecule has 0 heterocycles. The molecule has 0 spiro atoms. The predicted octanol–water partition coefficient (Wildman–Crippen LogP) is 1.82. The summed E-state index contributed by atoms with van der Waals surface area (Å²) in [4.78, 5) is 0. The quantitative estimate of drug-likeness (QED) is 0.845. The molecule has 1 atom stereocenters. The van der Waals surface area contributed by atoms with E-state index in [0.717, 1.165) is 3.57 Å². The van der Waals surface area contributed by atoms with Crippen LogP contribution in [0.15, 0.2) is 18.2 Å². The first-order chi connectivity index (χ1) is 6.13. The molecular weight excluding hydrogens is 282 g/mol. The van der Waals surface area contributed by atoms with Crippen LogP contribution in [0.25, 0.3) is 0 Å². The van der Waals surface area contributed by atoms with E-state index in [4.69, 9.17) is 11.0 Å². The standard InChI is InChI=1S/C9H8FIN2/c10-9-4-7(11)2-1-6(9)3-8(13)5-12/h1-2,4,8H,3,13H2/t8-/m0/s1. The topological polar surface area (TPSA) is 49.8 Å². The molecule has 4 heteroatoms. The minimum atomic E-state index is -0.630. The van der Waals surface area contributed by atoms with Crippen molar-refractivity contribution in [1.82, 2.24) is 0 Å². The van der Waals surface area contributed by atoms with Crippen molar-refractivity contribution in [3.63, 3.8) is 0 Å².